The fourth-order valence-electron chi connectivity index (χ4n) is 2.29. The number of benzene rings is 2. The normalized spacial score (nSPS) is 12.4. The van der Waals surface area contributed by atoms with Crippen LogP contribution in [0, 0.1) is 6.92 Å². The second-order valence-electron chi connectivity index (χ2n) is 5.89. The van der Waals surface area contributed by atoms with Crippen LogP contribution in [0.3, 0.4) is 0 Å². The number of hydrogen-bond donors (Lipinski definition) is 1. The van der Waals surface area contributed by atoms with Crippen LogP contribution in [0.5, 0.6) is 5.75 Å². The van der Waals surface area contributed by atoms with E-state index in [1.165, 1.54) is 6.92 Å². The number of amides is 1. The topological polar surface area (TPSA) is 72.5 Å². The molecule has 0 saturated carbocycles. The quantitative estimate of drug-likeness (QED) is 0.733. The lowest BCUT2D eigenvalue weighted by Crippen LogP contribution is -2.40. The van der Waals surface area contributed by atoms with Crippen LogP contribution in [0.15, 0.2) is 54.6 Å². The van der Waals surface area contributed by atoms with Crippen molar-refractivity contribution < 1.29 is 17.9 Å². The maximum Gasteiger partial charge on any atom is 0.238 e. The van der Waals surface area contributed by atoms with E-state index in [9.17, 15) is 13.2 Å². The summed E-state index contributed by atoms with van der Waals surface area (Å²) < 4.78 is 30.2. The van der Waals surface area contributed by atoms with Crippen molar-refractivity contribution in [2.24, 2.45) is 0 Å². The summed E-state index contributed by atoms with van der Waals surface area (Å²) in [5.41, 5.74) is 1.76. The molecule has 6 heteroatoms. The largest absolute Gasteiger partial charge is 0.492 e. The summed E-state index contributed by atoms with van der Waals surface area (Å²) in [6, 6.07) is 16.4. The average Bonchev–Trinajstić information content (AvgIpc) is 2.58. The summed E-state index contributed by atoms with van der Waals surface area (Å²) in [5, 5.41) is 1.51. The summed E-state index contributed by atoms with van der Waals surface area (Å²) in [4.78, 5) is 12.1. The first kappa shape index (κ1) is 19.0. The molecule has 2 aromatic rings. The van der Waals surface area contributed by atoms with Crippen molar-refractivity contribution in [2.75, 3.05) is 13.2 Å². The second-order valence-corrected chi connectivity index (χ2v) is 8.21. The van der Waals surface area contributed by atoms with Gasteiger partial charge in [0.2, 0.25) is 5.91 Å². The van der Waals surface area contributed by atoms with Gasteiger partial charge in [-0.2, -0.15) is 0 Å². The first-order valence-electron chi connectivity index (χ1n) is 8.11. The Hall–Kier alpha value is -2.34. The van der Waals surface area contributed by atoms with Gasteiger partial charge in [0, 0.05) is 0 Å². The van der Waals surface area contributed by atoms with Crippen molar-refractivity contribution >= 4 is 15.7 Å². The molecular formula is C19H23NO4S. The molecule has 1 unspecified atom stereocenters. The highest BCUT2D eigenvalue weighted by molar-refractivity contribution is 7.92. The fourth-order valence-corrected chi connectivity index (χ4v) is 3.60. The fraction of sp³-hybridized carbons (Fsp3) is 0.316. The SMILES string of the molecule is Cc1cccc(OCCNC(=O)C(C)S(=O)(=O)Cc2ccccc2)c1. The minimum Gasteiger partial charge on any atom is -0.492 e. The molecule has 1 N–H and O–H groups in total. The zero-order valence-electron chi connectivity index (χ0n) is 14.4. The number of carbonyl (C=O) groups is 1. The predicted octanol–water partition coefficient (Wildman–Crippen LogP) is 2.49. The van der Waals surface area contributed by atoms with E-state index >= 15 is 0 Å². The van der Waals surface area contributed by atoms with Crippen LogP contribution in [-0.2, 0) is 20.4 Å². The van der Waals surface area contributed by atoms with Crippen LogP contribution < -0.4 is 10.1 Å². The van der Waals surface area contributed by atoms with Crippen molar-refractivity contribution in [1.82, 2.24) is 5.32 Å². The van der Waals surface area contributed by atoms with Crippen LogP contribution in [0.1, 0.15) is 18.1 Å². The minimum atomic E-state index is -3.56. The Balaban J connectivity index is 1.81. The van der Waals surface area contributed by atoms with E-state index in [1.54, 1.807) is 24.3 Å². The lowest BCUT2D eigenvalue weighted by molar-refractivity contribution is -0.120. The van der Waals surface area contributed by atoms with E-state index < -0.39 is 21.0 Å². The Bertz CT molecular complexity index is 803. The Morgan fingerprint density at radius 2 is 1.84 bits per heavy atom. The van der Waals surface area contributed by atoms with Gasteiger partial charge in [-0.1, -0.05) is 42.5 Å². The van der Waals surface area contributed by atoms with E-state index in [4.69, 9.17) is 4.74 Å². The molecule has 0 aromatic heterocycles. The van der Waals surface area contributed by atoms with Gasteiger partial charge in [-0.05, 0) is 37.1 Å². The molecule has 1 atom stereocenters. The molecule has 2 rings (SSSR count). The van der Waals surface area contributed by atoms with Gasteiger partial charge in [-0.25, -0.2) is 8.42 Å². The first-order valence-corrected chi connectivity index (χ1v) is 9.83. The van der Waals surface area contributed by atoms with Crippen molar-refractivity contribution in [1.29, 1.82) is 0 Å². The molecule has 0 saturated heterocycles. The summed E-state index contributed by atoms with van der Waals surface area (Å²) in [5.74, 6) is 0.0603. The molecule has 0 radical (unpaired) electrons. The average molecular weight is 361 g/mol. The highest BCUT2D eigenvalue weighted by atomic mass is 32.2. The van der Waals surface area contributed by atoms with Gasteiger partial charge in [0.05, 0.1) is 12.3 Å². The van der Waals surface area contributed by atoms with Gasteiger partial charge in [-0.15, -0.1) is 0 Å². The van der Waals surface area contributed by atoms with Crippen LogP contribution in [0.4, 0.5) is 0 Å². The van der Waals surface area contributed by atoms with Gasteiger partial charge >= 0.3 is 0 Å². The third-order valence-corrected chi connectivity index (χ3v) is 5.81. The molecule has 0 spiro atoms. The molecular weight excluding hydrogens is 338 g/mol. The minimum absolute atomic E-state index is 0.151. The summed E-state index contributed by atoms with van der Waals surface area (Å²) >= 11 is 0. The summed E-state index contributed by atoms with van der Waals surface area (Å²) in [7, 11) is -3.56. The Morgan fingerprint density at radius 3 is 2.52 bits per heavy atom. The molecule has 0 fully saturated rings. The maximum absolute atomic E-state index is 12.3. The van der Waals surface area contributed by atoms with Crippen molar-refractivity contribution in [3.63, 3.8) is 0 Å². The predicted molar refractivity (Wildman–Crippen MR) is 98.2 cm³/mol. The van der Waals surface area contributed by atoms with E-state index in [-0.39, 0.29) is 18.9 Å². The molecule has 1 amide bonds. The number of sulfone groups is 1. The van der Waals surface area contributed by atoms with E-state index in [0.717, 1.165) is 11.3 Å². The molecule has 0 aliphatic rings. The molecule has 5 nitrogen and oxygen atoms in total. The highest BCUT2D eigenvalue weighted by Crippen LogP contribution is 2.12. The molecule has 25 heavy (non-hydrogen) atoms. The zero-order valence-corrected chi connectivity index (χ0v) is 15.3. The molecule has 134 valence electrons. The van der Waals surface area contributed by atoms with E-state index in [0.29, 0.717) is 5.56 Å². The maximum atomic E-state index is 12.3. The molecule has 0 bridgehead atoms. The van der Waals surface area contributed by atoms with Crippen LogP contribution >= 0.6 is 0 Å². The number of carbonyl (C=O) groups excluding carboxylic acids is 1. The van der Waals surface area contributed by atoms with Gasteiger partial charge in [0.1, 0.15) is 17.6 Å². The van der Waals surface area contributed by atoms with Gasteiger partial charge in [-0.3, -0.25) is 4.79 Å². The molecule has 2 aromatic carbocycles. The van der Waals surface area contributed by atoms with E-state index in [2.05, 4.69) is 5.32 Å². The van der Waals surface area contributed by atoms with Crippen LogP contribution in [0.25, 0.3) is 0 Å². The second kappa shape index (κ2) is 8.67. The molecule has 0 heterocycles. The standard InChI is InChI=1S/C19H23NO4S/c1-15-7-6-10-18(13-15)24-12-11-20-19(21)16(2)25(22,23)14-17-8-4-3-5-9-17/h3-10,13,16H,11-12,14H2,1-2H3,(H,20,21). The van der Waals surface area contributed by atoms with Gasteiger partial charge < -0.3 is 10.1 Å². The molecule has 0 aliphatic heterocycles. The lowest BCUT2D eigenvalue weighted by atomic mass is 10.2. The van der Waals surface area contributed by atoms with E-state index in [1.807, 2.05) is 37.3 Å². The highest BCUT2D eigenvalue weighted by Gasteiger charge is 2.27. The number of hydrogen-bond acceptors (Lipinski definition) is 4. The number of nitrogens with one attached hydrogen (secondary N) is 1. The van der Waals surface area contributed by atoms with Crippen molar-refractivity contribution in [2.45, 2.75) is 24.9 Å². The van der Waals surface area contributed by atoms with Crippen molar-refractivity contribution in [3.8, 4) is 5.75 Å². The van der Waals surface area contributed by atoms with Gasteiger partial charge in [0.25, 0.3) is 0 Å². The smallest absolute Gasteiger partial charge is 0.238 e. The number of aryl methyl sites for hydroxylation is 1. The van der Waals surface area contributed by atoms with Crippen LogP contribution in [-0.4, -0.2) is 32.7 Å². The first-order chi connectivity index (χ1) is 11.9. The lowest BCUT2D eigenvalue weighted by Gasteiger charge is -2.14. The Kier molecular flexibility index (Phi) is 6.58. The number of rotatable bonds is 8. The monoisotopic (exact) mass is 361 g/mol. The third-order valence-electron chi connectivity index (χ3n) is 3.78. The zero-order chi connectivity index (χ0) is 18.3. The van der Waals surface area contributed by atoms with Crippen molar-refractivity contribution in [3.05, 3.63) is 65.7 Å². The summed E-state index contributed by atoms with van der Waals surface area (Å²) in [6.45, 7) is 3.90. The Labute approximate surface area is 148 Å². The Morgan fingerprint density at radius 1 is 1.12 bits per heavy atom. The summed E-state index contributed by atoms with van der Waals surface area (Å²) in [6.07, 6.45) is 0. The van der Waals surface area contributed by atoms with Crippen LogP contribution in [0.2, 0.25) is 0 Å². The number of ether oxygens (including phenoxy) is 1. The third kappa shape index (κ3) is 5.90. The van der Waals surface area contributed by atoms with Gasteiger partial charge in [0.15, 0.2) is 9.84 Å². The molecule has 0 aliphatic carbocycles.